The van der Waals surface area contributed by atoms with Gasteiger partial charge in [-0.3, -0.25) is 0 Å². The lowest BCUT2D eigenvalue weighted by molar-refractivity contribution is 0.308. The molecule has 0 atom stereocenters. The number of hydrogen-bond acceptors (Lipinski definition) is 3. The Labute approximate surface area is 98.2 Å². The molecule has 0 amide bonds. The molecule has 0 spiro atoms. The zero-order valence-electron chi connectivity index (χ0n) is 9.53. The number of likely N-dealkylation sites (N-methyl/N-ethyl adjacent to an activating group) is 1. The molecule has 0 aliphatic carbocycles. The van der Waals surface area contributed by atoms with Crippen molar-refractivity contribution in [3.8, 4) is 0 Å². The maximum atomic E-state index is 4.00. The van der Waals surface area contributed by atoms with Crippen molar-refractivity contribution < 1.29 is 0 Å². The topological polar surface area (TPSA) is 15.3 Å². The van der Waals surface area contributed by atoms with Gasteiger partial charge in [-0.2, -0.15) is 0 Å². The third kappa shape index (κ3) is 4.14. The van der Waals surface area contributed by atoms with Crippen LogP contribution in [0.3, 0.4) is 0 Å². The first-order valence-electron chi connectivity index (χ1n) is 5.51. The number of thiol groups is 1. The Kier molecular flexibility index (Phi) is 5.58. The van der Waals surface area contributed by atoms with Crippen molar-refractivity contribution in [3.05, 3.63) is 29.8 Å². The minimum Gasteiger partial charge on any atom is -0.332 e. The van der Waals surface area contributed by atoms with Crippen LogP contribution < -0.4 is 4.72 Å². The van der Waals surface area contributed by atoms with Crippen LogP contribution in [-0.4, -0.2) is 24.5 Å². The number of anilines is 1. The van der Waals surface area contributed by atoms with E-state index in [4.69, 9.17) is 0 Å². The first kappa shape index (κ1) is 12.4. The summed E-state index contributed by atoms with van der Waals surface area (Å²) in [4.78, 5) is 2.44. The van der Waals surface area contributed by atoms with Gasteiger partial charge >= 0.3 is 0 Å². The van der Waals surface area contributed by atoms with Gasteiger partial charge in [-0.25, -0.2) is 0 Å². The smallest absolute Gasteiger partial charge is 0.0438 e. The average molecular weight is 224 g/mol. The number of hydrogen-bond donors (Lipinski definition) is 2. The van der Waals surface area contributed by atoms with Crippen LogP contribution in [0.2, 0.25) is 0 Å². The van der Waals surface area contributed by atoms with Crippen molar-refractivity contribution in [2.45, 2.75) is 20.3 Å². The molecule has 0 radical (unpaired) electrons. The SMILES string of the molecule is CCN(CC)CCc1ccc(NS)cc1. The van der Waals surface area contributed by atoms with E-state index in [-0.39, 0.29) is 0 Å². The molecule has 84 valence electrons. The number of rotatable bonds is 6. The van der Waals surface area contributed by atoms with Crippen molar-refractivity contribution in [2.24, 2.45) is 0 Å². The van der Waals surface area contributed by atoms with Gasteiger partial charge in [-0.05, 0) is 37.2 Å². The summed E-state index contributed by atoms with van der Waals surface area (Å²) in [5, 5.41) is 0. The van der Waals surface area contributed by atoms with E-state index in [2.05, 4.69) is 60.5 Å². The van der Waals surface area contributed by atoms with Crippen molar-refractivity contribution >= 4 is 18.5 Å². The molecule has 0 fully saturated rings. The lowest BCUT2D eigenvalue weighted by Crippen LogP contribution is -2.25. The molecule has 1 rings (SSSR count). The van der Waals surface area contributed by atoms with Gasteiger partial charge < -0.3 is 9.62 Å². The van der Waals surface area contributed by atoms with Gasteiger partial charge in [0.05, 0.1) is 0 Å². The van der Waals surface area contributed by atoms with E-state index in [0.29, 0.717) is 0 Å². The molecule has 0 unspecified atom stereocenters. The quantitative estimate of drug-likeness (QED) is 0.722. The fourth-order valence-corrected chi connectivity index (χ4v) is 1.72. The number of nitrogens with zero attached hydrogens (tertiary/aromatic N) is 1. The summed E-state index contributed by atoms with van der Waals surface area (Å²) in [5.41, 5.74) is 2.43. The maximum Gasteiger partial charge on any atom is 0.0438 e. The van der Waals surface area contributed by atoms with E-state index in [0.717, 1.165) is 31.7 Å². The predicted octanol–water partition coefficient (Wildman–Crippen LogP) is 2.83. The zero-order chi connectivity index (χ0) is 11.1. The summed E-state index contributed by atoms with van der Waals surface area (Å²) in [6, 6.07) is 8.43. The highest BCUT2D eigenvalue weighted by Crippen LogP contribution is 2.10. The average Bonchev–Trinajstić information content (AvgIpc) is 2.31. The zero-order valence-corrected chi connectivity index (χ0v) is 10.4. The van der Waals surface area contributed by atoms with Gasteiger partial charge in [-0.1, -0.05) is 38.8 Å². The van der Waals surface area contributed by atoms with Crippen LogP contribution >= 0.6 is 12.8 Å². The number of benzene rings is 1. The van der Waals surface area contributed by atoms with E-state index in [1.165, 1.54) is 5.56 Å². The Balaban J connectivity index is 2.43. The minimum absolute atomic E-state index is 1.05. The van der Waals surface area contributed by atoms with Gasteiger partial charge in [0.15, 0.2) is 0 Å². The Hall–Kier alpha value is -0.670. The second-order valence-corrected chi connectivity index (χ2v) is 3.81. The third-order valence-electron chi connectivity index (χ3n) is 2.69. The highest BCUT2D eigenvalue weighted by molar-refractivity contribution is 7.81. The number of nitrogens with one attached hydrogen (secondary N) is 1. The highest BCUT2D eigenvalue weighted by Gasteiger charge is 1.99. The van der Waals surface area contributed by atoms with E-state index in [1.807, 2.05) is 0 Å². The second kappa shape index (κ2) is 6.75. The van der Waals surface area contributed by atoms with Gasteiger partial charge in [0, 0.05) is 12.2 Å². The molecule has 0 aliphatic heterocycles. The molecule has 1 aromatic rings. The van der Waals surface area contributed by atoms with Gasteiger partial charge in [0.2, 0.25) is 0 Å². The van der Waals surface area contributed by atoms with Crippen LogP contribution in [0.1, 0.15) is 19.4 Å². The van der Waals surface area contributed by atoms with Crippen molar-refractivity contribution in [1.82, 2.24) is 4.90 Å². The van der Waals surface area contributed by atoms with E-state index < -0.39 is 0 Å². The lowest BCUT2D eigenvalue weighted by Gasteiger charge is -2.17. The monoisotopic (exact) mass is 224 g/mol. The molecule has 1 aromatic carbocycles. The summed E-state index contributed by atoms with van der Waals surface area (Å²) < 4.78 is 2.83. The lowest BCUT2D eigenvalue weighted by atomic mass is 10.1. The Morgan fingerprint density at radius 3 is 2.20 bits per heavy atom. The normalized spacial score (nSPS) is 10.7. The second-order valence-electron chi connectivity index (χ2n) is 3.59. The molecule has 0 saturated carbocycles. The van der Waals surface area contributed by atoms with Crippen LogP contribution in [0.25, 0.3) is 0 Å². The highest BCUT2D eigenvalue weighted by atomic mass is 32.1. The fraction of sp³-hybridized carbons (Fsp3) is 0.500. The molecule has 0 saturated heterocycles. The van der Waals surface area contributed by atoms with Crippen molar-refractivity contribution in [3.63, 3.8) is 0 Å². The maximum absolute atomic E-state index is 4.00. The molecule has 0 bridgehead atoms. The summed E-state index contributed by atoms with van der Waals surface area (Å²) in [6.07, 6.45) is 1.12. The van der Waals surface area contributed by atoms with E-state index >= 15 is 0 Å². The Morgan fingerprint density at radius 1 is 1.13 bits per heavy atom. The van der Waals surface area contributed by atoms with Crippen LogP contribution in [0.5, 0.6) is 0 Å². The van der Waals surface area contributed by atoms with Gasteiger partial charge in [-0.15, -0.1) is 0 Å². The predicted molar refractivity (Wildman–Crippen MR) is 70.5 cm³/mol. The van der Waals surface area contributed by atoms with Crippen LogP contribution in [0, 0.1) is 0 Å². The molecule has 0 aliphatic rings. The molecular weight excluding hydrogens is 204 g/mol. The molecule has 3 heteroatoms. The standard InChI is InChI=1S/C12H20N2S/c1-3-14(4-2)10-9-11-5-7-12(13-15)8-6-11/h5-8,13,15H,3-4,9-10H2,1-2H3. The summed E-state index contributed by atoms with van der Waals surface area (Å²) in [6.45, 7) is 7.81. The van der Waals surface area contributed by atoms with E-state index in [1.54, 1.807) is 0 Å². The van der Waals surface area contributed by atoms with Crippen LogP contribution in [0.4, 0.5) is 5.69 Å². The first-order chi connectivity index (χ1) is 7.30. The minimum atomic E-state index is 1.05. The van der Waals surface area contributed by atoms with E-state index in [9.17, 15) is 0 Å². The van der Waals surface area contributed by atoms with Crippen LogP contribution in [0.15, 0.2) is 24.3 Å². The molecular formula is C12H20N2S. The van der Waals surface area contributed by atoms with Crippen molar-refractivity contribution in [2.75, 3.05) is 24.4 Å². The van der Waals surface area contributed by atoms with Gasteiger partial charge in [0.1, 0.15) is 0 Å². The van der Waals surface area contributed by atoms with Crippen LogP contribution in [-0.2, 0) is 6.42 Å². The largest absolute Gasteiger partial charge is 0.332 e. The third-order valence-corrected chi connectivity index (χ3v) is 2.95. The summed E-state index contributed by atoms with van der Waals surface area (Å²) in [5.74, 6) is 0. The van der Waals surface area contributed by atoms with Crippen molar-refractivity contribution in [1.29, 1.82) is 0 Å². The molecule has 2 nitrogen and oxygen atoms in total. The Morgan fingerprint density at radius 2 is 1.73 bits per heavy atom. The Bertz CT molecular complexity index is 267. The molecule has 0 heterocycles. The summed E-state index contributed by atoms with van der Waals surface area (Å²) in [7, 11) is 0. The summed E-state index contributed by atoms with van der Waals surface area (Å²) >= 11 is 4.00. The fourth-order valence-electron chi connectivity index (χ4n) is 1.57. The molecule has 0 aromatic heterocycles. The first-order valence-corrected chi connectivity index (χ1v) is 5.96. The van der Waals surface area contributed by atoms with Gasteiger partial charge in [0.25, 0.3) is 0 Å². The molecule has 1 N–H and O–H groups in total. The molecule has 15 heavy (non-hydrogen) atoms.